The van der Waals surface area contributed by atoms with Crippen LogP contribution in [0.1, 0.15) is 12.0 Å². The van der Waals surface area contributed by atoms with Crippen LogP contribution in [-0.2, 0) is 6.42 Å². The number of benzene rings is 2. The average Bonchev–Trinajstić information content (AvgIpc) is 2.61. The third-order valence-electron chi connectivity index (χ3n) is 4.87. The fraction of sp³-hybridized carbons (Fsp3) is 0.400. The van der Waals surface area contributed by atoms with Crippen LogP contribution < -0.4 is 20.1 Å². The van der Waals surface area contributed by atoms with Gasteiger partial charge >= 0.3 is 0 Å². The van der Waals surface area contributed by atoms with Crippen molar-refractivity contribution >= 4 is 5.69 Å². The molecular formula is C20H23FN2O2. The second-order valence-corrected chi connectivity index (χ2v) is 6.93. The molecule has 25 heavy (non-hydrogen) atoms. The molecule has 0 amide bonds. The van der Waals surface area contributed by atoms with Gasteiger partial charge in [-0.3, -0.25) is 0 Å². The predicted molar refractivity (Wildman–Crippen MR) is 95.8 cm³/mol. The first kappa shape index (κ1) is 16.2. The van der Waals surface area contributed by atoms with E-state index in [1.807, 2.05) is 18.2 Å². The van der Waals surface area contributed by atoms with Crippen LogP contribution in [0.2, 0.25) is 0 Å². The number of halogens is 1. The molecule has 2 aliphatic heterocycles. The Morgan fingerprint density at radius 2 is 1.88 bits per heavy atom. The molecule has 5 heteroatoms. The molecule has 0 aromatic heterocycles. The van der Waals surface area contributed by atoms with E-state index in [9.17, 15) is 4.39 Å². The second-order valence-electron chi connectivity index (χ2n) is 6.93. The van der Waals surface area contributed by atoms with E-state index in [2.05, 4.69) is 11.0 Å². The maximum atomic E-state index is 13.4. The zero-order valence-corrected chi connectivity index (χ0v) is 14.2. The van der Waals surface area contributed by atoms with Gasteiger partial charge in [0.25, 0.3) is 0 Å². The second kappa shape index (κ2) is 6.92. The molecule has 132 valence electrons. The van der Waals surface area contributed by atoms with E-state index in [0.717, 1.165) is 48.7 Å². The fourth-order valence-electron chi connectivity index (χ4n) is 3.83. The lowest BCUT2D eigenvalue weighted by molar-refractivity contribution is 0.171. The highest BCUT2D eigenvalue weighted by molar-refractivity contribution is 5.57. The summed E-state index contributed by atoms with van der Waals surface area (Å²) in [7, 11) is 0. The van der Waals surface area contributed by atoms with Crippen molar-refractivity contribution in [3.63, 3.8) is 0 Å². The molecule has 2 N–H and O–H groups in total. The number of nitrogens with zero attached hydrogens (tertiary/aromatic N) is 1. The summed E-state index contributed by atoms with van der Waals surface area (Å²) in [6.45, 7) is 2.90. The van der Waals surface area contributed by atoms with E-state index in [1.54, 1.807) is 12.1 Å². The Labute approximate surface area is 147 Å². The highest BCUT2D eigenvalue weighted by Gasteiger charge is 2.26. The molecule has 0 bridgehead atoms. The van der Waals surface area contributed by atoms with Crippen molar-refractivity contribution in [3.8, 4) is 11.5 Å². The molecule has 2 unspecified atom stereocenters. The van der Waals surface area contributed by atoms with Gasteiger partial charge in [-0.2, -0.15) is 0 Å². The van der Waals surface area contributed by atoms with Gasteiger partial charge in [0.05, 0.1) is 0 Å². The maximum Gasteiger partial charge on any atom is 0.163 e. The topological polar surface area (TPSA) is 47.7 Å². The van der Waals surface area contributed by atoms with Gasteiger partial charge in [0, 0.05) is 30.9 Å². The van der Waals surface area contributed by atoms with Crippen molar-refractivity contribution in [2.24, 2.45) is 11.7 Å². The van der Waals surface area contributed by atoms with E-state index >= 15 is 0 Å². The number of ether oxygens (including phenoxy) is 2. The zero-order valence-electron chi connectivity index (χ0n) is 14.2. The van der Waals surface area contributed by atoms with Gasteiger partial charge in [-0.05, 0) is 48.6 Å². The van der Waals surface area contributed by atoms with Crippen LogP contribution in [0.15, 0.2) is 42.5 Å². The number of fused-ring (bicyclic) bond motifs is 1. The monoisotopic (exact) mass is 342 g/mol. The molecule has 2 atom stereocenters. The summed E-state index contributed by atoms with van der Waals surface area (Å²) in [6, 6.07) is 13.0. The number of rotatable bonds is 3. The summed E-state index contributed by atoms with van der Waals surface area (Å²) in [5.74, 6) is 1.82. The lowest BCUT2D eigenvalue weighted by Crippen LogP contribution is -2.47. The highest BCUT2D eigenvalue weighted by Crippen LogP contribution is 2.35. The van der Waals surface area contributed by atoms with Crippen LogP contribution in [0.25, 0.3) is 0 Å². The molecule has 4 rings (SSSR count). The number of hydrogen-bond acceptors (Lipinski definition) is 4. The van der Waals surface area contributed by atoms with Gasteiger partial charge in [-0.15, -0.1) is 0 Å². The Morgan fingerprint density at radius 3 is 2.72 bits per heavy atom. The van der Waals surface area contributed by atoms with E-state index in [4.69, 9.17) is 15.2 Å². The molecule has 2 aromatic rings. The Bertz CT molecular complexity index is 752. The number of hydrogen-bond donors (Lipinski definition) is 1. The molecule has 4 nitrogen and oxygen atoms in total. The average molecular weight is 342 g/mol. The lowest BCUT2D eigenvalue weighted by Gasteiger charge is -2.38. The van der Waals surface area contributed by atoms with Gasteiger partial charge in [0.15, 0.2) is 11.5 Å². The first-order chi connectivity index (χ1) is 12.2. The molecule has 2 aromatic carbocycles. The van der Waals surface area contributed by atoms with Crippen LogP contribution >= 0.6 is 0 Å². The van der Waals surface area contributed by atoms with E-state index < -0.39 is 0 Å². The maximum absolute atomic E-state index is 13.4. The van der Waals surface area contributed by atoms with Crippen molar-refractivity contribution in [1.29, 1.82) is 0 Å². The first-order valence-corrected chi connectivity index (χ1v) is 8.82. The van der Waals surface area contributed by atoms with Crippen molar-refractivity contribution in [2.75, 3.05) is 31.2 Å². The normalized spacial score (nSPS) is 22.7. The summed E-state index contributed by atoms with van der Waals surface area (Å²) < 4.78 is 24.7. The number of nitrogens with two attached hydrogens (primary N) is 1. The molecule has 0 aliphatic carbocycles. The smallest absolute Gasteiger partial charge is 0.163 e. The molecule has 2 heterocycles. The quantitative estimate of drug-likeness (QED) is 0.932. The van der Waals surface area contributed by atoms with Crippen molar-refractivity contribution in [3.05, 3.63) is 53.8 Å². The number of anilines is 1. The summed E-state index contributed by atoms with van der Waals surface area (Å²) in [4.78, 5) is 2.30. The minimum absolute atomic E-state index is 0.112. The molecule has 0 spiro atoms. The molecular weight excluding hydrogens is 319 g/mol. The molecule has 1 saturated heterocycles. The van der Waals surface area contributed by atoms with Crippen LogP contribution in [0, 0.1) is 11.7 Å². The van der Waals surface area contributed by atoms with Crippen LogP contribution in [0.4, 0.5) is 10.1 Å². The van der Waals surface area contributed by atoms with Crippen LogP contribution in [0.5, 0.6) is 11.5 Å². The Hall–Kier alpha value is -2.27. The molecule has 1 fully saturated rings. The fourth-order valence-corrected chi connectivity index (χ4v) is 3.83. The Kier molecular flexibility index (Phi) is 4.49. The third kappa shape index (κ3) is 3.71. The Balaban J connectivity index is 1.50. The van der Waals surface area contributed by atoms with E-state index in [0.29, 0.717) is 19.1 Å². The standard InChI is InChI=1S/C20H23FN2O2/c21-16-3-1-2-14(9-16)8-15-10-17(22)13-23(12-15)18-4-5-19-20(11-18)25-7-6-24-19/h1-5,9,11,15,17H,6-8,10,12-13,22H2. The van der Waals surface area contributed by atoms with Crippen LogP contribution in [-0.4, -0.2) is 32.3 Å². The largest absolute Gasteiger partial charge is 0.486 e. The molecule has 2 aliphatic rings. The highest BCUT2D eigenvalue weighted by atomic mass is 19.1. The Morgan fingerprint density at radius 1 is 1.04 bits per heavy atom. The van der Waals surface area contributed by atoms with E-state index in [-0.39, 0.29) is 11.9 Å². The summed E-state index contributed by atoms with van der Waals surface area (Å²) >= 11 is 0. The minimum atomic E-state index is -0.179. The van der Waals surface area contributed by atoms with Gasteiger partial charge in [-0.25, -0.2) is 4.39 Å². The van der Waals surface area contributed by atoms with Gasteiger partial charge < -0.3 is 20.1 Å². The van der Waals surface area contributed by atoms with Gasteiger partial charge in [-0.1, -0.05) is 12.1 Å². The minimum Gasteiger partial charge on any atom is -0.486 e. The summed E-state index contributed by atoms with van der Waals surface area (Å²) in [5, 5.41) is 0. The predicted octanol–water partition coefficient (Wildman–Crippen LogP) is 2.99. The van der Waals surface area contributed by atoms with Crippen LogP contribution in [0.3, 0.4) is 0 Å². The van der Waals surface area contributed by atoms with Crippen molar-refractivity contribution in [1.82, 2.24) is 0 Å². The molecule has 0 radical (unpaired) electrons. The van der Waals surface area contributed by atoms with Crippen molar-refractivity contribution in [2.45, 2.75) is 18.9 Å². The van der Waals surface area contributed by atoms with Gasteiger partial charge in [0.1, 0.15) is 19.0 Å². The third-order valence-corrected chi connectivity index (χ3v) is 4.87. The number of piperidine rings is 1. The lowest BCUT2D eigenvalue weighted by atomic mass is 9.88. The first-order valence-electron chi connectivity index (χ1n) is 8.82. The van der Waals surface area contributed by atoms with Crippen molar-refractivity contribution < 1.29 is 13.9 Å². The van der Waals surface area contributed by atoms with E-state index in [1.165, 1.54) is 6.07 Å². The zero-order chi connectivity index (χ0) is 17.2. The summed E-state index contributed by atoms with van der Waals surface area (Å²) in [5.41, 5.74) is 8.43. The summed E-state index contributed by atoms with van der Waals surface area (Å²) in [6.07, 6.45) is 1.80. The van der Waals surface area contributed by atoms with Gasteiger partial charge in [0.2, 0.25) is 0 Å². The SMILES string of the molecule is NC1CC(Cc2cccc(F)c2)CN(c2ccc3c(c2)OCCO3)C1. The molecule has 0 saturated carbocycles.